The predicted octanol–water partition coefficient (Wildman–Crippen LogP) is 1.60. The van der Waals surface area contributed by atoms with Crippen molar-refractivity contribution in [1.82, 2.24) is 9.97 Å². The molecular formula is C12H13N3O2. The van der Waals surface area contributed by atoms with Crippen LogP contribution in [-0.2, 0) is 11.2 Å². The number of rotatable bonds is 4. The van der Waals surface area contributed by atoms with E-state index in [9.17, 15) is 4.79 Å². The molecular weight excluding hydrogens is 218 g/mol. The van der Waals surface area contributed by atoms with Crippen LogP contribution in [0.25, 0.3) is 0 Å². The summed E-state index contributed by atoms with van der Waals surface area (Å²) in [4.78, 5) is 18.4. The maximum absolute atomic E-state index is 11.7. The Morgan fingerprint density at radius 1 is 1.53 bits per heavy atom. The Bertz CT molecular complexity index is 494. The molecule has 17 heavy (non-hydrogen) atoms. The van der Waals surface area contributed by atoms with Crippen molar-refractivity contribution in [2.75, 3.05) is 12.4 Å². The number of aromatic nitrogens is 2. The van der Waals surface area contributed by atoms with Gasteiger partial charge >= 0.3 is 0 Å². The SMILES string of the molecule is COc1cccc(CC(=O)Nc2ncc[nH]2)c1. The van der Waals surface area contributed by atoms with Gasteiger partial charge in [0.15, 0.2) is 0 Å². The van der Waals surface area contributed by atoms with Gasteiger partial charge in [0.1, 0.15) is 5.75 Å². The monoisotopic (exact) mass is 231 g/mol. The Morgan fingerprint density at radius 2 is 2.41 bits per heavy atom. The second-order valence-corrected chi connectivity index (χ2v) is 3.51. The number of carbonyl (C=O) groups is 1. The molecule has 0 aliphatic heterocycles. The number of amides is 1. The lowest BCUT2D eigenvalue weighted by atomic mass is 10.1. The van der Waals surface area contributed by atoms with E-state index in [-0.39, 0.29) is 12.3 Å². The molecule has 0 bridgehead atoms. The third-order valence-corrected chi connectivity index (χ3v) is 2.25. The van der Waals surface area contributed by atoms with Crippen molar-refractivity contribution in [1.29, 1.82) is 0 Å². The summed E-state index contributed by atoms with van der Waals surface area (Å²) in [6, 6.07) is 7.41. The molecule has 0 fully saturated rings. The summed E-state index contributed by atoms with van der Waals surface area (Å²) >= 11 is 0. The van der Waals surface area contributed by atoms with Crippen LogP contribution in [0.15, 0.2) is 36.7 Å². The van der Waals surface area contributed by atoms with Crippen LogP contribution in [0.3, 0.4) is 0 Å². The molecule has 5 heteroatoms. The van der Waals surface area contributed by atoms with Crippen molar-refractivity contribution in [2.45, 2.75) is 6.42 Å². The molecule has 0 saturated carbocycles. The number of ether oxygens (including phenoxy) is 1. The van der Waals surface area contributed by atoms with Gasteiger partial charge in [0.2, 0.25) is 11.9 Å². The molecule has 0 atom stereocenters. The van der Waals surface area contributed by atoms with Gasteiger partial charge in [0, 0.05) is 12.4 Å². The molecule has 88 valence electrons. The first kappa shape index (κ1) is 11.2. The average molecular weight is 231 g/mol. The lowest BCUT2D eigenvalue weighted by Crippen LogP contribution is -2.15. The average Bonchev–Trinajstić information content (AvgIpc) is 2.82. The molecule has 0 saturated heterocycles. The minimum Gasteiger partial charge on any atom is -0.497 e. The van der Waals surface area contributed by atoms with Crippen molar-refractivity contribution in [3.8, 4) is 5.75 Å². The fraction of sp³-hybridized carbons (Fsp3) is 0.167. The van der Waals surface area contributed by atoms with Gasteiger partial charge in [-0.15, -0.1) is 0 Å². The summed E-state index contributed by atoms with van der Waals surface area (Å²) < 4.78 is 5.09. The van der Waals surface area contributed by atoms with E-state index in [2.05, 4.69) is 15.3 Å². The second-order valence-electron chi connectivity index (χ2n) is 3.51. The number of nitrogens with zero attached hydrogens (tertiary/aromatic N) is 1. The number of methoxy groups -OCH3 is 1. The fourth-order valence-electron chi connectivity index (χ4n) is 1.48. The molecule has 2 rings (SSSR count). The van der Waals surface area contributed by atoms with Crippen molar-refractivity contribution < 1.29 is 9.53 Å². The predicted molar refractivity (Wildman–Crippen MR) is 63.9 cm³/mol. The van der Waals surface area contributed by atoms with Crippen LogP contribution < -0.4 is 10.1 Å². The summed E-state index contributed by atoms with van der Waals surface area (Å²) in [5.41, 5.74) is 0.897. The van der Waals surface area contributed by atoms with Gasteiger partial charge < -0.3 is 9.72 Å². The van der Waals surface area contributed by atoms with Gasteiger partial charge in [0.25, 0.3) is 0 Å². The van der Waals surface area contributed by atoms with Crippen LogP contribution in [0.4, 0.5) is 5.95 Å². The molecule has 0 radical (unpaired) electrons. The molecule has 1 aromatic heterocycles. The Kier molecular flexibility index (Phi) is 3.40. The Morgan fingerprint density at radius 3 is 3.12 bits per heavy atom. The molecule has 1 amide bonds. The van der Waals surface area contributed by atoms with Gasteiger partial charge in [-0.05, 0) is 17.7 Å². The number of anilines is 1. The number of carbonyl (C=O) groups excluding carboxylic acids is 1. The van der Waals surface area contributed by atoms with Crippen LogP contribution in [0.2, 0.25) is 0 Å². The normalized spacial score (nSPS) is 9.94. The number of hydrogen-bond acceptors (Lipinski definition) is 3. The van der Waals surface area contributed by atoms with Crippen molar-refractivity contribution in [3.63, 3.8) is 0 Å². The summed E-state index contributed by atoms with van der Waals surface area (Å²) in [7, 11) is 1.60. The van der Waals surface area contributed by atoms with Crippen LogP contribution in [0.1, 0.15) is 5.56 Å². The zero-order chi connectivity index (χ0) is 12.1. The smallest absolute Gasteiger partial charge is 0.231 e. The zero-order valence-electron chi connectivity index (χ0n) is 9.43. The number of H-pyrrole nitrogens is 1. The first-order valence-electron chi connectivity index (χ1n) is 5.20. The van der Waals surface area contributed by atoms with Crippen molar-refractivity contribution in [2.24, 2.45) is 0 Å². The van der Waals surface area contributed by atoms with Crippen LogP contribution in [0, 0.1) is 0 Å². The third kappa shape index (κ3) is 3.07. The van der Waals surface area contributed by atoms with E-state index in [4.69, 9.17) is 4.74 Å². The molecule has 1 aromatic carbocycles. The second kappa shape index (κ2) is 5.16. The number of aromatic amines is 1. The van der Waals surface area contributed by atoms with Crippen LogP contribution in [0.5, 0.6) is 5.75 Å². The van der Waals surface area contributed by atoms with Crippen molar-refractivity contribution in [3.05, 3.63) is 42.2 Å². The molecule has 2 aromatic rings. The first-order valence-corrected chi connectivity index (χ1v) is 5.20. The molecule has 2 N–H and O–H groups in total. The minimum atomic E-state index is -0.117. The van der Waals surface area contributed by atoms with Gasteiger partial charge in [-0.2, -0.15) is 0 Å². The van der Waals surface area contributed by atoms with E-state index in [0.29, 0.717) is 5.95 Å². The highest BCUT2D eigenvalue weighted by Crippen LogP contribution is 2.13. The molecule has 0 aliphatic rings. The topological polar surface area (TPSA) is 67.0 Å². The largest absolute Gasteiger partial charge is 0.497 e. The summed E-state index contributed by atoms with van der Waals surface area (Å²) in [6.45, 7) is 0. The third-order valence-electron chi connectivity index (χ3n) is 2.25. The van der Waals surface area contributed by atoms with E-state index in [1.54, 1.807) is 19.5 Å². The maximum Gasteiger partial charge on any atom is 0.231 e. The lowest BCUT2D eigenvalue weighted by molar-refractivity contribution is -0.115. The van der Waals surface area contributed by atoms with E-state index < -0.39 is 0 Å². The maximum atomic E-state index is 11.7. The number of benzene rings is 1. The van der Waals surface area contributed by atoms with Gasteiger partial charge in [-0.25, -0.2) is 4.98 Å². The number of imidazole rings is 1. The first-order chi connectivity index (χ1) is 8.28. The fourth-order valence-corrected chi connectivity index (χ4v) is 1.48. The zero-order valence-corrected chi connectivity index (χ0v) is 9.43. The van der Waals surface area contributed by atoms with Gasteiger partial charge in [-0.3, -0.25) is 10.1 Å². The summed E-state index contributed by atoms with van der Waals surface area (Å²) in [6.07, 6.45) is 3.53. The molecule has 0 spiro atoms. The van der Waals surface area contributed by atoms with E-state index in [0.717, 1.165) is 11.3 Å². The molecule has 0 unspecified atom stereocenters. The van der Waals surface area contributed by atoms with E-state index >= 15 is 0 Å². The van der Waals surface area contributed by atoms with E-state index in [1.165, 1.54) is 0 Å². The number of nitrogens with one attached hydrogen (secondary N) is 2. The molecule has 0 aliphatic carbocycles. The highest BCUT2D eigenvalue weighted by atomic mass is 16.5. The van der Waals surface area contributed by atoms with Crippen LogP contribution >= 0.6 is 0 Å². The quantitative estimate of drug-likeness (QED) is 0.839. The highest BCUT2D eigenvalue weighted by molar-refractivity contribution is 5.90. The Hall–Kier alpha value is -2.30. The van der Waals surface area contributed by atoms with Gasteiger partial charge in [-0.1, -0.05) is 12.1 Å². The van der Waals surface area contributed by atoms with E-state index in [1.807, 2.05) is 24.3 Å². The number of hydrogen-bond donors (Lipinski definition) is 2. The standard InChI is InChI=1S/C12H13N3O2/c1-17-10-4-2-3-9(7-10)8-11(16)15-12-13-5-6-14-12/h2-7H,8H2,1H3,(H2,13,14,15,16). The minimum absolute atomic E-state index is 0.117. The summed E-state index contributed by atoms with van der Waals surface area (Å²) in [5, 5.41) is 2.66. The molecule has 1 heterocycles. The van der Waals surface area contributed by atoms with Crippen LogP contribution in [-0.4, -0.2) is 23.0 Å². The Balaban J connectivity index is 1.98. The highest BCUT2D eigenvalue weighted by Gasteiger charge is 2.05. The Labute approximate surface area is 98.8 Å². The van der Waals surface area contributed by atoms with Crippen molar-refractivity contribution >= 4 is 11.9 Å². The lowest BCUT2D eigenvalue weighted by Gasteiger charge is -2.04. The summed E-state index contributed by atoms with van der Waals surface area (Å²) in [5.74, 6) is 1.08. The molecule has 5 nitrogen and oxygen atoms in total. The van der Waals surface area contributed by atoms with Gasteiger partial charge in [0.05, 0.1) is 13.5 Å².